The van der Waals surface area contributed by atoms with Crippen LogP contribution in [-0.2, 0) is 25.6 Å². The first kappa shape index (κ1) is 24.0. The SMILES string of the molecule is CC(=O)Nc1nnc(SCC2=C(C(=O)O)N3C(=O)C(NC(=O)Cc4ccccc4N)[C@@H]3SC2)s1. The van der Waals surface area contributed by atoms with Crippen LogP contribution in [0.3, 0.4) is 0 Å². The monoisotopic (exact) mass is 520 g/mol. The fourth-order valence-corrected chi connectivity index (χ4v) is 6.79. The second-order valence-corrected chi connectivity index (χ2v) is 10.7. The van der Waals surface area contributed by atoms with Gasteiger partial charge in [-0.1, -0.05) is 41.3 Å². The van der Waals surface area contributed by atoms with Gasteiger partial charge in [-0.05, 0) is 17.2 Å². The molecule has 1 aromatic carbocycles. The summed E-state index contributed by atoms with van der Waals surface area (Å²) in [5.74, 6) is -1.60. The zero-order valence-corrected chi connectivity index (χ0v) is 20.3. The first-order valence-electron chi connectivity index (χ1n) is 10.0. The van der Waals surface area contributed by atoms with Gasteiger partial charge in [0, 0.05) is 24.1 Å². The fraction of sp³-hybridized carbons (Fsp3) is 0.300. The van der Waals surface area contributed by atoms with Gasteiger partial charge in [0.25, 0.3) is 5.91 Å². The molecule has 5 N–H and O–H groups in total. The molecule has 1 saturated heterocycles. The van der Waals surface area contributed by atoms with Crippen molar-refractivity contribution in [1.29, 1.82) is 0 Å². The number of β-lactam (4-membered cyclic amide) rings is 1. The van der Waals surface area contributed by atoms with Crippen LogP contribution in [-0.4, -0.2) is 66.8 Å². The van der Waals surface area contributed by atoms with Gasteiger partial charge in [0.2, 0.25) is 16.9 Å². The van der Waals surface area contributed by atoms with Crippen molar-refractivity contribution < 1.29 is 24.3 Å². The van der Waals surface area contributed by atoms with Crippen LogP contribution in [0.25, 0.3) is 0 Å². The molecule has 11 nitrogen and oxygen atoms in total. The van der Waals surface area contributed by atoms with Crippen molar-refractivity contribution in [3.8, 4) is 0 Å². The summed E-state index contributed by atoms with van der Waals surface area (Å²) in [6.45, 7) is 1.37. The molecular weight excluding hydrogens is 500 g/mol. The summed E-state index contributed by atoms with van der Waals surface area (Å²) in [7, 11) is 0. The molecule has 1 aromatic heterocycles. The number of carboxylic acid groups (broad SMARTS) is 1. The summed E-state index contributed by atoms with van der Waals surface area (Å²) in [4.78, 5) is 49.6. The summed E-state index contributed by atoms with van der Waals surface area (Å²) in [5.41, 5.74) is 7.54. The Morgan fingerprint density at radius 3 is 2.76 bits per heavy atom. The predicted octanol–water partition coefficient (Wildman–Crippen LogP) is 1.15. The molecule has 2 aliphatic rings. The van der Waals surface area contributed by atoms with Crippen LogP contribution >= 0.6 is 34.9 Å². The summed E-state index contributed by atoms with van der Waals surface area (Å²) in [6, 6.07) is 6.19. The number of nitrogens with zero attached hydrogens (tertiary/aromatic N) is 3. The van der Waals surface area contributed by atoms with Crippen LogP contribution in [0, 0.1) is 0 Å². The number of aliphatic carboxylic acids is 1. The molecule has 0 saturated carbocycles. The number of aromatic nitrogens is 2. The molecule has 3 heterocycles. The van der Waals surface area contributed by atoms with E-state index in [4.69, 9.17) is 5.73 Å². The Morgan fingerprint density at radius 1 is 1.29 bits per heavy atom. The molecule has 4 rings (SSSR count). The van der Waals surface area contributed by atoms with Crippen molar-refractivity contribution in [2.45, 2.75) is 29.1 Å². The van der Waals surface area contributed by atoms with Crippen LogP contribution in [0.5, 0.6) is 0 Å². The van der Waals surface area contributed by atoms with Gasteiger partial charge in [-0.25, -0.2) is 4.79 Å². The molecule has 178 valence electrons. The first-order chi connectivity index (χ1) is 16.2. The number of fused-ring (bicyclic) bond motifs is 1. The maximum atomic E-state index is 12.8. The van der Waals surface area contributed by atoms with Crippen LogP contribution in [0.1, 0.15) is 12.5 Å². The lowest BCUT2D eigenvalue weighted by molar-refractivity contribution is -0.150. The molecule has 0 radical (unpaired) electrons. The van der Waals surface area contributed by atoms with Gasteiger partial charge >= 0.3 is 5.97 Å². The number of hydrogen-bond donors (Lipinski definition) is 4. The molecule has 14 heteroatoms. The average molecular weight is 521 g/mol. The highest BCUT2D eigenvalue weighted by Crippen LogP contribution is 2.42. The molecule has 0 spiro atoms. The quantitative estimate of drug-likeness (QED) is 0.171. The van der Waals surface area contributed by atoms with Crippen LogP contribution in [0.2, 0.25) is 0 Å². The van der Waals surface area contributed by atoms with E-state index in [1.54, 1.807) is 24.3 Å². The molecule has 34 heavy (non-hydrogen) atoms. The van der Waals surface area contributed by atoms with Crippen molar-refractivity contribution >= 4 is 69.4 Å². The number of carbonyl (C=O) groups is 4. The topological polar surface area (TPSA) is 168 Å². The second kappa shape index (κ2) is 10.0. The van der Waals surface area contributed by atoms with Gasteiger partial charge < -0.3 is 21.5 Å². The van der Waals surface area contributed by atoms with Crippen LogP contribution in [0.4, 0.5) is 10.8 Å². The summed E-state index contributed by atoms with van der Waals surface area (Å²) >= 11 is 3.85. The number of carboxylic acids is 1. The molecule has 2 atom stereocenters. The van der Waals surface area contributed by atoms with E-state index >= 15 is 0 Å². The Hall–Kier alpha value is -3.10. The molecule has 0 bridgehead atoms. The largest absolute Gasteiger partial charge is 0.477 e. The minimum Gasteiger partial charge on any atom is -0.477 e. The number of anilines is 2. The van der Waals surface area contributed by atoms with Gasteiger partial charge in [-0.3, -0.25) is 19.3 Å². The van der Waals surface area contributed by atoms with Crippen molar-refractivity contribution in [3.63, 3.8) is 0 Å². The lowest BCUT2D eigenvalue weighted by atomic mass is 10.0. The van der Waals surface area contributed by atoms with E-state index in [0.29, 0.717) is 37.8 Å². The van der Waals surface area contributed by atoms with E-state index in [0.717, 1.165) is 0 Å². The highest BCUT2D eigenvalue weighted by Gasteiger charge is 2.54. The van der Waals surface area contributed by atoms with E-state index < -0.39 is 23.3 Å². The molecule has 1 unspecified atom stereocenters. The standard InChI is InChI=1S/C20H20N6O5S3/c1-9(27)22-19-24-25-20(34-19)33-8-11-7-32-17-14(16(29)26(17)15(11)18(30)31)23-13(28)6-10-4-2-3-5-12(10)21/h2-5,14,17H,6-8,21H2,1H3,(H,23,28)(H,30,31)(H,22,24,27)/t14?,17-/m0/s1. The lowest BCUT2D eigenvalue weighted by Gasteiger charge is -2.49. The van der Waals surface area contributed by atoms with Gasteiger partial charge in [-0.15, -0.1) is 22.0 Å². The van der Waals surface area contributed by atoms with Gasteiger partial charge in [0.05, 0.1) is 6.42 Å². The molecule has 2 aliphatic heterocycles. The van der Waals surface area contributed by atoms with E-state index in [1.165, 1.54) is 46.7 Å². The van der Waals surface area contributed by atoms with E-state index in [9.17, 15) is 24.3 Å². The Labute approximate surface area is 206 Å². The van der Waals surface area contributed by atoms with Gasteiger partial charge in [-0.2, -0.15) is 0 Å². The Balaban J connectivity index is 1.41. The smallest absolute Gasteiger partial charge is 0.352 e. The number of nitrogens with one attached hydrogen (secondary N) is 2. The number of hydrogen-bond acceptors (Lipinski definition) is 10. The second-order valence-electron chi connectivity index (χ2n) is 7.43. The number of nitrogen functional groups attached to an aromatic ring is 1. The van der Waals surface area contributed by atoms with Gasteiger partial charge in [0.1, 0.15) is 17.1 Å². The third-order valence-electron chi connectivity index (χ3n) is 5.03. The lowest BCUT2D eigenvalue weighted by Crippen LogP contribution is -2.70. The number of nitrogens with two attached hydrogens (primary N) is 1. The minimum absolute atomic E-state index is 0.0275. The van der Waals surface area contributed by atoms with Crippen molar-refractivity contribution in [2.75, 3.05) is 22.6 Å². The van der Waals surface area contributed by atoms with E-state index in [-0.39, 0.29) is 23.9 Å². The minimum atomic E-state index is -1.20. The molecule has 1 fully saturated rings. The Bertz CT molecular complexity index is 1200. The molecule has 2 aromatic rings. The number of para-hydroxylation sites is 1. The average Bonchev–Trinajstić information content (AvgIpc) is 3.23. The summed E-state index contributed by atoms with van der Waals surface area (Å²) in [6.07, 6.45) is 0.0275. The number of amides is 3. The normalized spacial score (nSPS) is 19.3. The number of benzene rings is 1. The Kier molecular flexibility index (Phi) is 7.09. The van der Waals surface area contributed by atoms with Crippen LogP contribution < -0.4 is 16.4 Å². The highest BCUT2D eigenvalue weighted by molar-refractivity contribution is 8.01. The van der Waals surface area contributed by atoms with E-state index in [2.05, 4.69) is 20.8 Å². The van der Waals surface area contributed by atoms with Crippen molar-refractivity contribution in [1.82, 2.24) is 20.4 Å². The Morgan fingerprint density at radius 2 is 2.06 bits per heavy atom. The highest BCUT2D eigenvalue weighted by atomic mass is 32.2. The third kappa shape index (κ3) is 5.03. The van der Waals surface area contributed by atoms with Crippen LogP contribution in [0.15, 0.2) is 39.9 Å². The van der Waals surface area contributed by atoms with Crippen molar-refractivity contribution in [2.24, 2.45) is 0 Å². The zero-order chi connectivity index (χ0) is 24.4. The maximum absolute atomic E-state index is 12.8. The van der Waals surface area contributed by atoms with Crippen molar-refractivity contribution in [3.05, 3.63) is 41.1 Å². The molecular formula is C20H20N6O5S3. The fourth-order valence-electron chi connectivity index (χ4n) is 3.51. The number of thioether (sulfide) groups is 2. The zero-order valence-electron chi connectivity index (χ0n) is 17.8. The van der Waals surface area contributed by atoms with Gasteiger partial charge in [0.15, 0.2) is 4.34 Å². The molecule has 0 aliphatic carbocycles. The first-order valence-corrected chi connectivity index (χ1v) is 12.9. The summed E-state index contributed by atoms with van der Waals surface area (Å²) in [5, 5.41) is 22.8. The molecule has 3 amide bonds. The number of rotatable bonds is 8. The summed E-state index contributed by atoms with van der Waals surface area (Å²) < 4.78 is 0.563. The van der Waals surface area contributed by atoms with E-state index in [1.807, 2.05) is 0 Å². The third-order valence-corrected chi connectivity index (χ3v) is 8.43. The maximum Gasteiger partial charge on any atom is 0.352 e. The predicted molar refractivity (Wildman–Crippen MR) is 129 cm³/mol. The number of carbonyl (C=O) groups excluding carboxylic acids is 3.